The van der Waals surface area contributed by atoms with Gasteiger partial charge < -0.3 is 14.9 Å². The summed E-state index contributed by atoms with van der Waals surface area (Å²) in [6.45, 7) is 4.84. The molecule has 0 saturated heterocycles. The van der Waals surface area contributed by atoms with Gasteiger partial charge in [0.15, 0.2) is 0 Å². The fourth-order valence-corrected chi connectivity index (χ4v) is 2.37. The van der Waals surface area contributed by atoms with Crippen LogP contribution in [0.15, 0.2) is 42.7 Å². The molecular weight excluding hydrogens is 236 g/mol. The van der Waals surface area contributed by atoms with E-state index in [-0.39, 0.29) is 0 Å². The number of nitrogens with zero attached hydrogens (tertiary/aromatic N) is 2. The van der Waals surface area contributed by atoms with Crippen LogP contribution in [0.25, 0.3) is 11.0 Å². The number of aromatic nitrogens is 3. The van der Waals surface area contributed by atoms with Crippen molar-refractivity contribution in [2.24, 2.45) is 0 Å². The predicted octanol–water partition coefficient (Wildman–Crippen LogP) is 2.46. The summed E-state index contributed by atoms with van der Waals surface area (Å²) in [5.41, 5.74) is 3.57. The van der Waals surface area contributed by atoms with Crippen LogP contribution in [-0.2, 0) is 13.1 Å². The quantitative estimate of drug-likeness (QED) is 0.687. The van der Waals surface area contributed by atoms with E-state index in [1.54, 1.807) is 0 Å². The molecule has 4 heteroatoms. The third-order valence-electron chi connectivity index (χ3n) is 3.35. The third kappa shape index (κ3) is 2.53. The maximum absolute atomic E-state index is 4.57. The van der Waals surface area contributed by atoms with Crippen LogP contribution in [-0.4, -0.2) is 21.1 Å². The average molecular weight is 254 g/mol. The normalized spacial score (nSPS) is 11.2. The van der Waals surface area contributed by atoms with E-state index in [1.807, 2.05) is 18.5 Å². The van der Waals surface area contributed by atoms with Crippen LogP contribution in [0.2, 0.25) is 0 Å². The van der Waals surface area contributed by atoms with Crippen molar-refractivity contribution in [1.29, 1.82) is 0 Å². The second-order valence-corrected chi connectivity index (χ2v) is 4.70. The standard InChI is InChI=1S/C15H18N4/c1-12-18-14-4-2-3-5-15(14)19(12)9-8-17-11-13-6-7-16-10-13/h2-7,10,16-17H,8-9,11H2,1H3. The highest BCUT2D eigenvalue weighted by molar-refractivity contribution is 5.75. The van der Waals surface area contributed by atoms with Gasteiger partial charge in [-0.1, -0.05) is 12.1 Å². The van der Waals surface area contributed by atoms with Crippen molar-refractivity contribution in [3.05, 3.63) is 54.1 Å². The van der Waals surface area contributed by atoms with Gasteiger partial charge in [-0.3, -0.25) is 0 Å². The molecule has 0 radical (unpaired) electrons. The van der Waals surface area contributed by atoms with Crippen molar-refractivity contribution in [3.63, 3.8) is 0 Å². The molecule has 4 nitrogen and oxygen atoms in total. The lowest BCUT2D eigenvalue weighted by Gasteiger charge is -2.07. The van der Waals surface area contributed by atoms with E-state index in [0.717, 1.165) is 31.0 Å². The molecule has 3 aromatic rings. The van der Waals surface area contributed by atoms with Crippen LogP contribution in [0.1, 0.15) is 11.4 Å². The Bertz CT molecular complexity index is 652. The molecule has 0 bridgehead atoms. The molecule has 0 saturated carbocycles. The highest BCUT2D eigenvalue weighted by Gasteiger charge is 2.05. The summed E-state index contributed by atoms with van der Waals surface area (Å²) in [6.07, 6.45) is 3.97. The number of aromatic amines is 1. The van der Waals surface area contributed by atoms with Gasteiger partial charge in [-0.15, -0.1) is 0 Å². The Morgan fingerprint density at radius 3 is 3.00 bits per heavy atom. The Kier molecular flexibility index (Phi) is 3.33. The zero-order valence-corrected chi connectivity index (χ0v) is 11.1. The smallest absolute Gasteiger partial charge is 0.106 e. The molecule has 3 rings (SSSR count). The second kappa shape index (κ2) is 5.28. The zero-order valence-electron chi connectivity index (χ0n) is 11.1. The number of rotatable bonds is 5. The van der Waals surface area contributed by atoms with Gasteiger partial charge in [-0.2, -0.15) is 0 Å². The fourth-order valence-electron chi connectivity index (χ4n) is 2.37. The Balaban J connectivity index is 1.63. The fraction of sp³-hybridized carbons (Fsp3) is 0.267. The van der Waals surface area contributed by atoms with Gasteiger partial charge in [-0.25, -0.2) is 4.98 Å². The highest BCUT2D eigenvalue weighted by atomic mass is 15.1. The van der Waals surface area contributed by atoms with Gasteiger partial charge >= 0.3 is 0 Å². The molecule has 0 spiro atoms. The number of nitrogens with one attached hydrogen (secondary N) is 2. The Morgan fingerprint density at radius 2 is 2.16 bits per heavy atom. The van der Waals surface area contributed by atoms with Gasteiger partial charge in [0, 0.05) is 32.0 Å². The van der Waals surface area contributed by atoms with E-state index in [1.165, 1.54) is 11.1 Å². The molecular formula is C15H18N4. The monoisotopic (exact) mass is 254 g/mol. The molecule has 2 heterocycles. The first kappa shape index (κ1) is 12.0. The van der Waals surface area contributed by atoms with Crippen molar-refractivity contribution in [1.82, 2.24) is 19.9 Å². The van der Waals surface area contributed by atoms with Gasteiger partial charge in [-0.05, 0) is 30.7 Å². The number of H-pyrrole nitrogens is 1. The second-order valence-electron chi connectivity index (χ2n) is 4.70. The molecule has 0 atom stereocenters. The number of hydrogen-bond acceptors (Lipinski definition) is 2. The van der Waals surface area contributed by atoms with E-state index in [9.17, 15) is 0 Å². The maximum atomic E-state index is 4.57. The Labute approximate surface area is 112 Å². The van der Waals surface area contributed by atoms with E-state index in [0.29, 0.717) is 0 Å². The molecule has 19 heavy (non-hydrogen) atoms. The number of fused-ring (bicyclic) bond motifs is 1. The summed E-state index contributed by atoms with van der Waals surface area (Å²) < 4.78 is 2.26. The van der Waals surface area contributed by atoms with Crippen LogP contribution < -0.4 is 5.32 Å². The third-order valence-corrected chi connectivity index (χ3v) is 3.35. The van der Waals surface area contributed by atoms with Gasteiger partial charge in [0.1, 0.15) is 5.82 Å². The van der Waals surface area contributed by atoms with Crippen molar-refractivity contribution < 1.29 is 0 Å². The number of aryl methyl sites for hydroxylation is 1. The van der Waals surface area contributed by atoms with Crippen molar-refractivity contribution >= 4 is 11.0 Å². The summed E-state index contributed by atoms with van der Waals surface area (Å²) in [7, 11) is 0. The first-order valence-corrected chi connectivity index (χ1v) is 6.59. The number of para-hydroxylation sites is 2. The summed E-state index contributed by atoms with van der Waals surface area (Å²) in [5.74, 6) is 1.07. The molecule has 0 unspecified atom stereocenters. The van der Waals surface area contributed by atoms with Gasteiger partial charge in [0.05, 0.1) is 11.0 Å². The van der Waals surface area contributed by atoms with E-state index >= 15 is 0 Å². The van der Waals surface area contributed by atoms with Crippen molar-refractivity contribution in [2.45, 2.75) is 20.0 Å². The predicted molar refractivity (Wildman–Crippen MR) is 77.0 cm³/mol. The lowest BCUT2D eigenvalue weighted by atomic mass is 10.3. The number of benzene rings is 1. The first-order chi connectivity index (χ1) is 9.34. The number of imidazole rings is 1. The summed E-state index contributed by atoms with van der Waals surface area (Å²) in [4.78, 5) is 7.63. The molecule has 98 valence electrons. The minimum atomic E-state index is 0.898. The molecule has 0 amide bonds. The first-order valence-electron chi connectivity index (χ1n) is 6.59. The van der Waals surface area contributed by atoms with E-state index in [2.05, 4.69) is 51.0 Å². The minimum absolute atomic E-state index is 0.898. The van der Waals surface area contributed by atoms with Crippen LogP contribution in [0.4, 0.5) is 0 Å². The lowest BCUT2D eigenvalue weighted by molar-refractivity contribution is 0.598. The Morgan fingerprint density at radius 1 is 1.26 bits per heavy atom. The molecule has 0 fully saturated rings. The van der Waals surface area contributed by atoms with Crippen LogP contribution in [0.3, 0.4) is 0 Å². The van der Waals surface area contributed by atoms with Crippen LogP contribution in [0, 0.1) is 6.92 Å². The zero-order chi connectivity index (χ0) is 13.1. The topological polar surface area (TPSA) is 45.6 Å². The Hall–Kier alpha value is -2.07. The largest absolute Gasteiger partial charge is 0.367 e. The van der Waals surface area contributed by atoms with Crippen LogP contribution in [0.5, 0.6) is 0 Å². The molecule has 1 aromatic carbocycles. The highest BCUT2D eigenvalue weighted by Crippen LogP contribution is 2.14. The molecule has 2 N–H and O–H groups in total. The molecule has 2 aromatic heterocycles. The lowest BCUT2D eigenvalue weighted by Crippen LogP contribution is -2.19. The van der Waals surface area contributed by atoms with E-state index in [4.69, 9.17) is 0 Å². The van der Waals surface area contributed by atoms with E-state index < -0.39 is 0 Å². The number of hydrogen-bond donors (Lipinski definition) is 2. The molecule has 0 aliphatic rings. The molecule has 0 aliphatic carbocycles. The van der Waals surface area contributed by atoms with Gasteiger partial charge in [0.25, 0.3) is 0 Å². The van der Waals surface area contributed by atoms with Gasteiger partial charge in [0.2, 0.25) is 0 Å². The van der Waals surface area contributed by atoms with Crippen molar-refractivity contribution in [3.8, 4) is 0 Å². The minimum Gasteiger partial charge on any atom is -0.367 e. The van der Waals surface area contributed by atoms with Crippen LogP contribution >= 0.6 is 0 Å². The summed E-state index contributed by atoms with van der Waals surface area (Å²) in [6, 6.07) is 10.4. The summed E-state index contributed by atoms with van der Waals surface area (Å²) >= 11 is 0. The summed E-state index contributed by atoms with van der Waals surface area (Å²) in [5, 5.41) is 3.45. The average Bonchev–Trinajstić information content (AvgIpc) is 3.02. The molecule has 0 aliphatic heterocycles. The van der Waals surface area contributed by atoms with Crippen molar-refractivity contribution in [2.75, 3.05) is 6.54 Å². The maximum Gasteiger partial charge on any atom is 0.106 e. The SMILES string of the molecule is Cc1nc2ccccc2n1CCNCc1cc[nH]c1.